The Morgan fingerprint density at radius 2 is 1.37 bits per heavy atom. The van der Waals surface area contributed by atoms with Crippen molar-refractivity contribution < 1.29 is 9.59 Å². The molecular weight excluding hydrogens is 383 g/mol. The summed E-state index contributed by atoms with van der Waals surface area (Å²) in [5.41, 5.74) is 1.53. The van der Waals surface area contributed by atoms with Crippen LogP contribution in [0.4, 0.5) is 0 Å². The number of rotatable bonds is 7. The Hall–Kier alpha value is -2.56. The van der Waals surface area contributed by atoms with E-state index in [4.69, 9.17) is 23.2 Å². The molecule has 0 bridgehead atoms. The fraction of sp³-hybridized carbons (Fsp3) is 0.143. The quantitative estimate of drug-likeness (QED) is 0.676. The van der Waals surface area contributed by atoms with E-state index < -0.39 is 0 Å². The predicted molar refractivity (Wildman–Crippen MR) is 112 cm³/mol. The van der Waals surface area contributed by atoms with Crippen molar-refractivity contribution in [2.45, 2.75) is 13.0 Å². The van der Waals surface area contributed by atoms with Gasteiger partial charge in [-0.3, -0.25) is 9.59 Å². The van der Waals surface area contributed by atoms with Gasteiger partial charge in [-0.25, -0.2) is 0 Å². The van der Waals surface area contributed by atoms with Crippen LogP contribution >= 0.6 is 23.2 Å². The van der Waals surface area contributed by atoms with Crippen molar-refractivity contribution in [3.05, 3.63) is 81.9 Å². The first-order valence-electron chi connectivity index (χ1n) is 8.39. The van der Waals surface area contributed by atoms with E-state index in [2.05, 4.69) is 10.6 Å². The lowest BCUT2D eigenvalue weighted by molar-refractivity contribution is -0.118. The van der Waals surface area contributed by atoms with Gasteiger partial charge in [-0.05, 0) is 42.3 Å². The number of halogens is 2. The topological polar surface area (TPSA) is 58.2 Å². The minimum Gasteiger partial charge on any atom is -0.351 e. The van der Waals surface area contributed by atoms with Crippen LogP contribution in [0.2, 0.25) is 10.0 Å². The van der Waals surface area contributed by atoms with Crippen molar-refractivity contribution in [1.29, 1.82) is 0 Å². The normalized spacial score (nSPS) is 12.3. The Labute approximate surface area is 168 Å². The lowest BCUT2D eigenvalue weighted by atomic mass is 10.2. The molecule has 2 aromatic rings. The number of amides is 2. The van der Waals surface area contributed by atoms with Crippen LogP contribution in [0.1, 0.15) is 18.1 Å². The Morgan fingerprint density at radius 1 is 0.889 bits per heavy atom. The van der Waals surface area contributed by atoms with Gasteiger partial charge in [0.1, 0.15) is 0 Å². The molecular formula is C21H20Cl2N2O2. The molecule has 0 heterocycles. The number of hydrogen-bond donors (Lipinski definition) is 2. The molecule has 0 spiro atoms. The molecule has 27 heavy (non-hydrogen) atoms. The summed E-state index contributed by atoms with van der Waals surface area (Å²) in [6.07, 6.45) is 6.12. The molecule has 0 saturated heterocycles. The molecule has 2 rings (SSSR count). The highest BCUT2D eigenvalue weighted by molar-refractivity contribution is 6.32. The number of hydrogen-bond acceptors (Lipinski definition) is 2. The van der Waals surface area contributed by atoms with Crippen LogP contribution in [-0.4, -0.2) is 24.4 Å². The van der Waals surface area contributed by atoms with Crippen molar-refractivity contribution in [3.63, 3.8) is 0 Å². The fourth-order valence-corrected chi connectivity index (χ4v) is 2.60. The van der Waals surface area contributed by atoms with Crippen molar-refractivity contribution >= 4 is 47.2 Å². The summed E-state index contributed by atoms with van der Waals surface area (Å²) in [6, 6.07) is 14.3. The first kappa shape index (κ1) is 20.7. The van der Waals surface area contributed by atoms with E-state index in [0.717, 1.165) is 11.1 Å². The van der Waals surface area contributed by atoms with Gasteiger partial charge < -0.3 is 10.6 Å². The molecule has 2 amide bonds. The third-order valence-corrected chi connectivity index (χ3v) is 4.30. The van der Waals surface area contributed by atoms with Crippen LogP contribution in [0.5, 0.6) is 0 Å². The zero-order chi connectivity index (χ0) is 19.6. The third-order valence-electron chi connectivity index (χ3n) is 3.61. The standard InChI is InChI=1S/C21H20Cl2N2O2/c1-15(25-21(27)13-11-17-7-3-5-9-19(17)23)14-24-20(26)12-10-16-6-2-4-8-18(16)22/h2-13,15H,14H2,1H3,(H,24,26)(H,25,27)/b12-10+,13-11+. The van der Waals surface area contributed by atoms with E-state index in [-0.39, 0.29) is 17.9 Å². The lowest BCUT2D eigenvalue weighted by Crippen LogP contribution is -2.40. The number of carbonyl (C=O) groups excluding carboxylic acids is 2. The number of carbonyl (C=O) groups is 2. The maximum absolute atomic E-state index is 11.9. The molecule has 0 radical (unpaired) electrons. The fourth-order valence-electron chi connectivity index (χ4n) is 2.21. The third kappa shape index (κ3) is 7.29. The zero-order valence-electron chi connectivity index (χ0n) is 14.8. The lowest BCUT2D eigenvalue weighted by Gasteiger charge is -2.12. The van der Waals surface area contributed by atoms with Gasteiger partial charge in [0.25, 0.3) is 0 Å². The van der Waals surface area contributed by atoms with E-state index in [1.165, 1.54) is 12.2 Å². The van der Waals surface area contributed by atoms with Crippen LogP contribution in [0, 0.1) is 0 Å². The minimum atomic E-state index is -0.261. The maximum Gasteiger partial charge on any atom is 0.244 e. The van der Waals surface area contributed by atoms with Crippen LogP contribution in [0.25, 0.3) is 12.2 Å². The summed E-state index contributed by atoms with van der Waals surface area (Å²) in [4.78, 5) is 23.8. The van der Waals surface area contributed by atoms with Crippen molar-refractivity contribution in [3.8, 4) is 0 Å². The van der Waals surface area contributed by atoms with E-state index in [0.29, 0.717) is 16.6 Å². The van der Waals surface area contributed by atoms with Gasteiger partial charge in [0, 0.05) is 34.8 Å². The molecule has 0 aliphatic rings. The summed E-state index contributed by atoms with van der Waals surface area (Å²) >= 11 is 12.1. The van der Waals surface area contributed by atoms with Gasteiger partial charge in [0.05, 0.1) is 0 Å². The van der Waals surface area contributed by atoms with E-state index in [1.54, 1.807) is 31.2 Å². The van der Waals surface area contributed by atoms with Gasteiger partial charge in [0.15, 0.2) is 0 Å². The van der Waals surface area contributed by atoms with Crippen molar-refractivity contribution in [1.82, 2.24) is 10.6 Å². The molecule has 0 aromatic heterocycles. The molecule has 2 aromatic carbocycles. The Kier molecular flexibility index (Phi) is 8.11. The molecule has 2 N–H and O–H groups in total. The Balaban J connectivity index is 1.77. The van der Waals surface area contributed by atoms with Crippen LogP contribution < -0.4 is 10.6 Å². The first-order valence-corrected chi connectivity index (χ1v) is 9.15. The van der Waals surface area contributed by atoms with Gasteiger partial charge >= 0.3 is 0 Å². The first-order chi connectivity index (χ1) is 13.0. The highest BCUT2D eigenvalue weighted by Gasteiger charge is 2.06. The van der Waals surface area contributed by atoms with E-state index in [9.17, 15) is 9.59 Å². The molecule has 1 unspecified atom stereocenters. The monoisotopic (exact) mass is 402 g/mol. The molecule has 1 atom stereocenters. The van der Waals surface area contributed by atoms with Gasteiger partial charge in [0.2, 0.25) is 11.8 Å². The zero-order valence-corrected chi connectivity index (χ0v) is 16.3. The van der Waals surface area contributed by atoms with Gasteiger partial charge in [-0.2, -0.15) is 0 Å². The van der Waals surface area contributed by atoms with E-state index >= 15 is 0 Å². The van der Waals surface area contributed by atoms with Gasteiger partial charge in [-0.1, -0.05) is 59.6 Å². The highest BCUT2D eigenvalue weighted by Crippen LogP contribution is 2.16. The summed E-state index contributed by atoms with van der Waals surface area (Å²) in [6.45, 7) is 2.11. The second-order valence-electron chi connectivity index (χ2n) is 5.86. The molecule has 4 nitrogen and oxygen atoms in total. The SMILES string of the molecule is CC(CNC(=O)/C=C/c1ccccc1Cl)NC(=O)/C=C/c1ccccc1Cl. The molecule has 140 valence electrons. The van der Waals surface area contributed by atoms with Crippen LogP contribution in [0.3, 0.4) is 0 Å². The molecule has 0 aliphatic carbocycles. The number of benzene rings is 2. The minimum absolute atomic E-state index is 0.231. The highest BCUT2D eigenvalue weighted by atomic mass is 35.5. The molecule has 0 aliphatic heterocycles. The molecule has 6 heteroatoms. The second-order valence-corrected chi connectivity index (χ2v) is 6.68. The largest absolute Gasteiger partial charge is 0.351 e. The summed E-state index contributed by atoms with van der Waals surface area (Å²) in [7, 11) is 0. The van der Waals surface area contributed by atoms with Crippen LogP contribution in [-0.2, 0) is 9.59 Å². The average molecular weight is 403 g/mol. The number of nitrogens with one attached hydrogen (secondary N) is 2. The maximum atomic E-state index is 11.9. The Morgan fingerprint density at radius 3 is 1.89 bits per heavy atom. The van der Waals surface area contributed by atoms with Crippen molar-refractivity contribution in [2.75, 3.05) is 6.54 Å². The summed E-state index contributed by atoms with van der Waals surface area (Å²) in [5, 5.41) is 6.66. The Bertz CT molecular complexity index is 863. The van der Waals surface area contributed by atoms with Gasteiger partial charge in [-0.15, -0.1) is 0 Å². The average Bonchev–Trinajstić information content (AvgIpc) is 2.65. The smallest absolute Gasteiger partial charge is 0.244 e. The molecule has 0 fully saturated rings. The predicted octanol–water partition coefficient (Wildman–Crippen LogP) is 4.34. The summed E-state index contributed by atoms with van der Waals surface area (Å²) < 4.78 is 0. The van der Waals surface area contributed by atoms with E-state index in [1.807, 2.05) is 36.4 Å². The van der Waals surface area contributed by atoms with Crippen molar-refractivity contribution in [2.24, 2.45) is 0 Å². The summed E-state index contributed by atoms with van der Waals surface area (Å²) in [5.74, 6) is -0.522. The van der Waals surface area contributed by atoms with Crippen LogP contribution in [0.15, 0.2) is 60.7 Å². The molecule has 0 saturated carbocycles. The second kappa shape index (κ2) is 10.6.